The minimum atomic E-state index is -0.522. The first-order valence-electron chi connectivity index (χ1n) is 6.55. The van der Waals surface area contributed by atoms with Gasteiger partial charge in [0.05, 0.1) is 6.61 Å². The van der Waals surface area contributed by atoms with E-state index in [9.17, 15) is 4.79 Å². The van der Waals surface area contributed by atoms with Crippen LogP contribution in [0.15, 0.2) is 0 Å². The zero-order chi connectivity index (χ0) is 15.9. The lowest BCUT2D eigenvalue weighted by Crippen LogP contribution is -2.35. The van der Waals surface area contributed by atoms with Crippen molar-refractivity contribution in [3.05, 3.63) is 5.28 Å². The minimum Gasteiger partial charge on any atom is -0.464 e. The molecule has 0 saturated carbocycles. The van der Waals surface area contributed by atoms with Gasteiger partial charge in [-0.1, -0.05) is 0 Å². The summed E-state index contributed by atoms with van der Waals surface area (Å²) in [6, 6.07) is 0.153. The molecule has 0 aliphatic carbocycles. The van der Waals surface area contributed by atoms with Gasteiger partial charge in [-0.3, -0.25) is 0 Å². The lowest BCUT2D eigenvalue weighted by Gasteiger charge is -2.19. The lowest BCUT2D eigenvalue weighted by atomic mass is 10.2. The van der Waals surface area contributed by atoms with Crippen molar-refractivity contribution >= 4 is 23.6 Å². The van der Waals surface area contributed by atoms with E-state index in [1.807, 2.05) is 6.92 Å². The zero-order valence-electron chi connectivity index (χ0n) is 12.6. The lowest BCUT2D eigenvalue weighted by molar-refractivity contribution is 0.0530. The van der Waals surface area contributed by atoms with Crippen LogP contribution in [0.4, 0.5) is 10.7 Å². The highest BCUT2D eigenvalue weighted by molar-refractivity contribution is 6.28. The number of rotatable bonds is 6. The van der Waals surface area contributed by atoms with Gasteiger partial charge in [-0.25, -0.2) is 4.79 Å². The second-order valence-electron chi connectivity index (χ2n) is 5.00. The third-order valence-electron chi connectivity index (χ3n) is 1.94. The van der Waals surface area contributed by atoms with E-state index >= 15 is 0 Å². The van der Waals surface area contributed by atoms with E-state index in [-0.39, 0.29) is 17.2 Å². The number of hydrogen-bond donors (Lipinski definition) is 2. The van der Waals surface area contributed by atoms with E-state index in [0.29, 0.717) is 19.7 Å². The molecule has 0 spiro atoms. The first kappa shape index (κ1) is 17.2. The van der Waals surface area contributed by atoms with Gasteiger partial charge in [0, 0.05) is 13.1 Å². The molecule has 1 aromatic rings. The molecule has 0 aliphatic heterocycles. The second kappa shape index (κ2) is 7.82. The highest BCUT2D eigenvalue weighted by Gasteiger charge is 2.15. The molecule has 1 rings (SSSR count). The third kappa shape index (κ3) is 7.50. The Morgan fingerprint density at radius 3 is 2.57 bits per heavy atom. The number of hydrogen-bond acceptors (Lipinski definition) is 7. The number of aromatic nitrogens is 3. The molecule has 1 aromatic heterocycles. The fourth-order valence-electron chi connectivity index (χ4n) is 1.26. The molecule has 9 heteroatoms. The molecule has 0 aromatic carbocycles. The highest BCUT2D eigenvalue weighted by atomic mass is 35.5. The van der Waals surface area contributed by atoms with Crippen LogP contribution in [0.25, 0.3) is 0 Å². The number of ether oxygens (including phenoxy) is 2. The Morgan fingerprint density at radius 2 is 1.95 bits per heavy atom. The fraction of sp³-hybridized carbons (Fsp3) is 0.667. The van der Waals surface area contributed by atoms with Gasteiger partial charge in [0.15, 0.2) is 0 Å². The van der Waals surface area contributed by atoms with Gasteiger partial charge in [-0.15, -0.1) is 0 Å². The Kier molecular flexibility index (Phi) is 6.41. The number of carbonyl (C=O) groups excluding carboxylic acids is 1. The molecule has 0 saturated heterocycles. The number of anilines is 1. The van der Waals surface area contributed by atoms with Crippen LogP contribution in [-0.4, -0.2) is 46.3 Å². The van der Waals surface area contributed by atoms with Crippen molar-refractivity contribution in [3.63, 3.8) is 0 Å². The van der Waals surface area contributed by atoms with E-state index in [0.717, 1.165) is 0 Å². The summed E-state index contributed by atoms with van der Waals surface area (Å²) in [5.41, 5.74) is -0.522. The molecule has 1 heterocycles. The standard InChI is InChI=1S/C12H20ClN5O3/c1-5-20-10-17-8(13)16-9(18-10)14-6-7-15-11(19)21-12(2,3)4/h5-7H2,1-4H3,(H,15,19)(H,14,16,17,18). The maximum atomic E-state index is 11.4. The maximum absolute atomic E-state index is 11.4. The smallest absolute Gasteiger partial charge is 0.407 e. The predicted molar refractivity (Wildman–Crippen MR) is 78.7 cm³/mol. The Labute approximate surface area is 128 Å². The summed E-state index contributed by atoms with van der Waals surface area (Å²) < 4.78 is 10.3. The van der Waals surface area contributed by atoms with Crippen LogP contribution in [0.5, 0.6) is 6.01 Å². The molecular formula is C12H20ClN5O3. The highest BCUT2D eigenvalue weighted by Crippen LogP contribution is 2.11. The fourth-order valence-corrected chi connectivity index (χ4v) is 1.41. The largest absolute Gasteiger partial charge is 0.464 e. The topological polar surface area (TPSA) is 98.3 Å². The van der Waals surface area contributed by atoms with E-state index in [1.165, 1.54) is 0 Å². The molecule has 0 atom stereocenters. The SMILES string of the molecule is CCOc1nc(Cl)nc(NCCNC(=O)OC(C)(C)C)n1. The van der Waals surface area contributed by atoms with Crippen LogP contribution in [0.2, 0.25) is 5.28 Å². The van der Waals surface area contributed by atoms with E-state index in [4.69, 9.17) is 21.1 Å². The summed E-state index contributed by atoms with van der Waals surface area (Å²) in [5, 5.41) is 5.55. The van der Waals surface area contributed by atoms with Crippen molar-refractivity contribution < 1.29 is 14.3 Å². The number of nitrogens with one attached hydrogen (secondary N) is 2. The van der Waals surface area contributed by atoms with E-state index in [1.54, 1.807) is 20.8 Å². The van der Waals surface area contributed by atoms with Crippen LogP contribution >= 0.6 is 11.6 Å². The monoisotopic (exact) mass is 317 g/mol. The quantitative estimate of drug-likeness (QED) is 0.773. The second-order valence-corrected chi connectivity index (χ2v) is 5.34. The number of alkyl carbamates (subject to hydrolysis) is 1. The van der Waals surface area contributed by atoms with Gasteiger partial charge >= 0.3 is 12.1 Å². The number of amides is 1. The summed E-state index contributed by atoms with van der Waals surface area (Å²) >= 11 is 5.75. The van der Waals surface area contributed by atoms with Gasteiger partial charge in [0.25, 0.3) is 0 Å². The van der Waals surface area contributed by atoms with Crippen LogP contribution in [0.3, 0.4) is 0 Å². The van der Waals surface area contributed by atoms with Crippen LogP contribution in [0, 0.1) is 0 Å². The third-order valence-corrected chi connectivity index (χ3v) is 2.11. The van der Waals surface area contributed by atoms with Crippen molar-refractivity contribution in [1.29, 1.82) is 0 Å². The molecule has 21 heavy (non-hydrogen) atoms. The van der Waals surface area contributed by atoms with Crippen molar-refractivity contribution in [2.24, 2.45) is 0 Å². The van der Waals surface area contributed by atoms with Gasteiger partial charge in [-0.2, -0.15) is 15.0 Å². The van der Waals surface area contributed by atoms with Crippen molar-refractivity contribution in [3.8, 4) is 6.01 Å². The Bertz CT molecular complexity index is 478. The predicted octanol–water partition coefficient (Wildman–Crippen LogP) is 1.86. The molecule has 0 aliphatic rings. The summed E-state index contributed by atoms with van der Waals surface area (Å²) in [5.74, 6) is 0.282. The average Bonchev–Trinajstić information content (AvgIpc) is 2.32. The Hall–Kier alpha value is -1.83. The number of nitrogens with zero attached hydrogens (tertiary/aromatic N) is 3. The summed E-state index contributed by atoms with van der Waals surface area (Å²) in [4.78, 5) is 23.1. The zero-order valence-corrected chi connectivity index (χ0v) is 13.3. The van der Waals surface area contributed by atoms with Gasteiger partial charge in [0.1, 0.15) is 5.60 Å². The van der Waals surface area contributed by atoms with Crippen LogP contribution < -0.4 is 15.4 Å². The average molecular weight is 318 g/mol. The first-order chi connectivity index (χ1) is 9.80. The molecule has 8 nitrogen and oxygen atoms in total. The molecule has 118 valence electrons. The first-order valence-corrected chi connectivity index (χ1v) is 6.93. The van der Waals surface area contributed by atoms with E-state index < -0.39 is 11.7 Å². The number of carbonyl (C=O) groups is 1. The number of halogens is 1. The van der Waals surface area contributed by atoms with Gasteiger partial charge in [-0.05, 0) is 39.3 Å². The Balaban J connectivity index is 2.37. The Morgan fingerprint density at radius 1 is 1.24 bits per heavy atom. The van der Waals surface area contributed by atoms with Crippen molar-refractivity contribution in [1.82, 2.24) is 20.3 Å². The van der Waals surface area contributed by atoms with Gasteiger partial charge in [0.2, 0.25) is 11.2 Å². The van der Waals surface area contributed by atoms with Crippen LogP contribution in [0.1, 0.15) is 27.7 Å². The van der Waals surface area contributed by atoms with Crippen molar-refractivity contribution in [2.75, 3.05) is 25.0 Å². The molecule has 0 bridgehead atoms. The van der Waals surface area contributed by atoms with Crippen LogP contribution in [-0.2, 0) is 4.74 Å². The normalized spacial score (nSPS) is 10.9. The van der Waals surface area contributed by atoms with Gasteiger partial charge < -0.3 is 20.1 Å². The summed E-state index contributed by atoms with van der Waals surface area (Å²) in [6.45, 7) is 8.40. The maximum Gasteiger partial charge on any atom is 0.407 e. The molecule has 0 radical (unpaired) electrons. The minimum absolute atomic E-state index is 0.0380. The molecule has 0 fully saturated rings. The molecular weight excluding hydrogens is 298 g/mol. The molecule has 1 amide bonds. The summed E-state index contributed by atoms with van der Waals surface area (Å²) in [6.07, 6.45) is -0.479. The summed E-state index contributed by atoms with van der Waals surface area (Å²) in [7, 11) is 0. The van der Waals surface area contributed by atoms with E-state index in [2.05, 4.69) is 25.6 Å². The van der Waals surface area contributed by atoms with Crippen molar-refractivity contribution in [2.45, 2.75) is 33.3 Å². The molecule has 0 unspecified atom stereocenters. The molecule has 2 N–H and O–H groups in total.